The van der Waals surface area contributed by atoms with Crippen molar-refractivity contribution in [3.8, 4) is 0 Å². The third kappa shape index (κ3) is 4.11. The third-order valence-electron chi connectivity index (χ3n) is 3.82. The normalized spacial score (nSPS) is 12.4. The van der Waals surface area contributed by atoms with Crippen LogP contribution in [-0.4, -0.2) is 11.5 Å². The van der Waals surface area contributed by atoms with Gasteiger partial charge in [0.2, 0.25) is 0 Å². The highest BCUT2D eigenvalue weighted by Gasteiger charge is 2.15. The summed E-state index contributed by atoms with van der Waals surface area (Å²) in [5.41, 5.74) is 4.63. The van der Waals surface area contributed by atoms with Gasteiger partial charge in [-0.3, -0.25) is 4.98 Å². The van der Waals surface area contributed by atoms with Crippen molar-refractivity contribution >= 4 is 0 Å². The maximum Gasteiger partial charge on any atom is 0.123 e. The number of rotatable bonds is 6. The largest absolute Gasteiger partial charge is 0.310 e. The van der Waals surface area contributed by atoms with E-state index < -0.39 is 0 Å². The van der Waals surface area contributed by atoms with Crippen LogP contribution in [0.5, 0.6) is 0 Å². The van der Waals surface area contributed by atoms with Crippen molar-refractivity contribution in [2.45, 2.75) is 39.7 Å². The van der Waals surface area contributed by atoms with Gasteiger partial charge < -0.3 is 5.32 Å². The second kappa shape index (κ2) is 7.32. The van der Waals surface area contributed by atoms with Crippen LogP contribution in [0.4, 0.5) is 4.39 Å². The first kappa shape index (κ1) is 15.6. The van der Waals surface area contributed by atoms with E-state index in [-0.39, 0.29) is 11.9 Å². The first-order valence-corrected chi connectivity index (χ1v) is 7.50. The Morgan fingerprint density at radius 1 is 1.19 bits per heavy atom. The highest BCUT2D eigenvalue weighted by Crippen LogP contribution is 2.23. The topological polar surface area (TPSA) is 24.9 Å². The molecule has 0 saturated carbocycles. The fourth-order valence-corrected chi connectivity index (χ4v) is 2.56. The molecule has 1 aromatic carbocycles. The summed E-state index contributed by atoms with van der Waals surface area (Å²) in [6.07, 6.45) is 5.68. The Labute approximate surface area is 126 Å². The molecule has 1 heterocycles. The fraction of sp³-hybridized carbons (Fsp3) is 0.389. The van der Waals surface area contributed by atoms with Crippen LogP contribution in [0.25, 0.3) is 0 Å². The van der Waals surface area contributed by atoms with Crippen LogP contribution >= 0.6 is 0 Å². The number of hydrogen-bond acceptors (Lipinski definition) is 2. The number of halogens is 1. The molecule has 1 unspecified atom stereocenters. The van der Waals surface area contributed by atoms with Crippen molar-refractivity contribution < 1.29 is 4.39 Å². The van der Waals surface area contributed by atoms with Crippen LogP contribution in [0.3, 0.4) is 0 Å². The molecule has 0 bridgehead atoms. The SMILES string of the molecule is CCCNC(Cc1ccc(F)cc1C)c1cnccc1C. The molecule has 0 saturated heterocycles. The maximum absolute atomic E-state index is 13.2. The average molecular weight is 286 g/mol. The molecular weight excluding hydrogens is 263 g/mol. The molecule has 0 aliphatic heterocycles. The minimum atomic E-state index is -0.174. The molecule has 0 fully saturated rings. The molecule has 2 nitrogen and oxygen atoms in total. The third-order valence-corrected chi connectivity index (χ3v) is 3.82. The van der Waals surface area contributed by atoms with E-state index in [2.05, 4.69) is 24.1 Å². The number of hydrogen-bond donors (Lipinski definition) is 1. The van der Waals surface area contributed by atoms with Crippen LogP contribution in [0.1, 0.15) is 41.6 Å². The predicted octanol–water partition coefficient (Wildman–Crippen LogP) is 4.12. The average Bonchev–Trinajstić information content (AvgIpc) is 2.46. The van der Waals surface area contributed by atoms with Crippen LogP contribution in [0.15, 0.2) is 36.7 Å². The van der Waals surface area contributed by atoms with E-state index in [0.29, 0.717) is 0 Å². The Kier molecular flexibility index (Phi) is 5.45. The lowest BCUT2D eigenvalue weighted by Crippen LogP contribution is -2.25. The van der Waals surface area contributed by atoms with Gasteiger partial charge in [-0.05, 0) is 73.7 Å². The summed E-state index contributed by atoms with van der Waals surface area (Å²) in [5, 5.41) is 3.58. The standard InChI is InChI=1S/C18H23FN2/c1-4-8-21-18(17-12-20-9-7-13(17)2)11-15-5-6-16(19)10-14(15)3/h5-7,9-10,12,18,21H,4,8,11H2,1-3H3. The molecule has 0 aliphatic carbocycles. The van der Waals surface area contributed by atoms with Gasteiger partial charge in [0.05, 0.1) is 0 Å². The van der Waals surface area contributed by atoms with Gasteiger partial charge in [-0.15, -0.1) is 0 Å². The number of benzene rings is 1. The second-order valence-electron chi connectivity index (χ2n) is 5.51. The molecule has 0 amide bonds. The van der Waals surface area contributed by atoms with Gasteiger partial charge in [-0.25, -0.2) is 4.39 Å². The number of aromatic nitrogens is 1. The molecule has 2 rings (SSSR count). The van der Waals surface area contributed by atoms with Crippen LogP contribution in [0, 0.1) is 19.7 Å². The molecule has 0 spiro atoms. The number of aryl methyl sites for hydroxylation is 2. The second-order valence-corrected chi connectivity index (χ2v) is 5.51. The van der Waals surface area contributed by atoms with E-state index in [1.165, 1.54) is 22.8 Å². The molecule has 1 aromatic heterocycles. The lowest BCUT2D eigenvalue weighted by atomic mass is 9.94. The van der Waals surface area contributed by atoms with Crippen LogP contribution in [-0.2, 0) is 6.42 Å². The van der Waals surface area contributed by atoms with Gasteiger partial charge in [-0.2, -0.15) is 0 Å². The highest BCUT2D eigenvalue weighted by atomic mass is 19.1. The van der Waals surface area contributed by atoms with Crippen molar-refractivity contribution in [3.05, 3.63) is 64.7 Å². The van der Waals surface area contributed by atoms with Crippen LogP contribution < -0.4 is 5.32 Å². The molecule has 1 atom stereocenters. The molecule has 0 radical (unpaired) electrons. The highest BCUT2D eigenvalue weighted by molar-refractivity contribution is 5.31. The summed E-state index contributed by atoms with van der Waals surface area (Å²) in [6.45, 7) is 7.18. The Balaban J connectivity index is 2.26. The van der Waals surface area contributed by atoms with Gasteiger partial charge in [0.15, 0.2) is 0 Å². The number of nitrogens with one attached hydrogen (secondary N) is 1. The molecule has 3 heteroatoms. The summed E-state index contributed by atoms with van der Waals surface area (Å²) in [5.74, 6) is -0.174. The van der Waals surface area contributed by atoms with Gasteiger partial charge in [-0.1, -0.05) is 13.0 Å². The summed E-state index contributed by atoms with van der Waals surface area (Å²) >= 11 is 0. The Morgan fingerprint density at radius 3 is 2.67 bits per heavy atom. The molecule has 21 heavy (non-hydrogen) atoms. The lowest BCUT2D eigenvalue weighted by Gasteiger charge is -2.21. The Morgan fingerprint density at radius 2 is 2.00 bits per heavy atom. The van der Waals surface area contributed by atoms with Crippen molar-refractivity contribution in [1.82, 2.24) is 10.3 Å². The quantitative estimate of drug-likeness (QED) is 0.864. The van der Waals surface area contributed by atoms with Crippen molar-refractivity contribution in [1.29, 1.82) is 0 Å². The van der Waals surface area contributed by atoms with Crippen molar-refractivity contribution in [3.63, 3.8) is 0 Å². The van der Waals surface area contributed by atoms with Crippen LogP contribution in [0.2, 0.25) is 0 Å². The summed E-state index contributed by atoms with van der Waals surface area (Å²) < 4.78 is 13.2. The van der Waals surface area contributed by atoms with E-state index >= 15 is 0 Å². The molecular formula is C18H23FN2. The smallest absolute Gasteiger partial charge is 0.123 e. The zero-order valence-corrected chi connectivity index (χ0v) is 13.0. The maximum atomic E-state index is 13.2. The summed E-state index contributed by atoms with van der Waals surface area (Å²) in [4.78, 5) is 4.25. The summed E-state index contributed by atoms with van der Waals surface area (Å²) in [6, 6.07) is 7.27. The van der Waals surface area contributed by atoms with Gasteiger partial charge in [0.25, 0.3) is 0 Å². The lowest BCUT2D eigenvalue weighted by molar-refractivity contribution is 0.524. The summed E-state index contributed by atoms with van der Waals surface area (Å²) in [7, 11) is 0. The van der Waals surface area contributed by atoms with E-state index in [4.69, 9.17) is 0 Å². The zero-order valence-electron chi connectivity index (χ0n) is 13.0. The molecule has 0 aliphatic rings. The molecule has 2 aromatic rings. The number of nitrogens with zero attached hydrogens (tertiary/aromatic N) is 1. The van der Waals surface area contributed by atoms with E-state index in [0.717, 1.165) is 24.9 Å². The fourth-order valence-electron chi connectivity index (χ4n) is 2.56. The molecule has 112 valence electrons. The van der Waals surface area contributed by atoms with Gasteiger partial charge in [0, 0.05) is 18.4 Å². The van der Waals surface area contributed by atoms with Crippen molar-refractivity contribution in [2.24, 2.45) is 0 Å². The Hall–Kier alpha value is -1.74. The minimum absolute atomic E-state index is 0.174. The number of pyridine rings is 1. The zero-order chi connectivity index (χ0) is 15.2. The Bertz CT molecular complexity index is 596. The monoisotopic (exact) mass is 286 g/mol. The minimum Gasteiger partial charge on any atom is -0.310 e. The van der Waals surface area contributed by atoms with E-state index in [9.17, 15) is 4.39 Å². The van der Waals surface area contributed by atoms with Gasteiger partial charge in [0.1, 0.15) is 5.82 Å². The van der Waals surface area contributed by atoms with E-state index in [1.807, 2.05) is 31.5 Å². The van der Waals surface area contributed by atoms with E-state index in [1.54, 1.807) is 6.07 Å². The molecule has 1 N–H and O–H groups in total. The first-order chi connectivity index (χ1) is 10.1. The van der Waals surface area contributed by atoms with Gasteiger partial charge >= 0.3 is 0 Å². The van der Waals surface area contributed by atoms with Crippen molar-refractivity contribution in [2.75, 3.05) is 6.54 Å². The first-order valence-electron chi connectivity index (χ1n) is 7.50. The predicted molar refractivity (Wildman–Crippen MR) is 84.8 cm³/mol.